The van der Waals surface area contributed by atoms with E-state index in [-0.39, 0.29) is 5.41 Å². The van der Waals surface area contributed by atoms with Gasteiger partial charge < -0.3 is 9.32 Å². The molecule has 8 rings (SSSR count). The van der Waals surface area contributed by atoms with Gasteiger partial charge in [0, 0.05) is 33.9 Å². The van der Waals surface area contributed by atoms with Crippen molar-refractivity contribution in [3.8, 4) is 22.3 Å². The van der Waals surface area contributed by atoms with E-state index in [0.717, 1.165) is 39.0 Å². The minimum atomic E-state index is -0.00704. The first-order valence-corrected chi connectivity index (χ1v) is 17.5. The number of hydrogen-bond donors (Lipinski definition) is 0. The number of nitrogens with zero attached hydrogens (tertiary/aromatic N) is 1. The van der Waals surface area contributed by atoms with Crippen LogP contribution in [0, 0.1) is 0 Å². The van der Waals surface area contributed by atoms with Crippen molar-refractivity contribution < 1.29 is 4.42 Å². The average molecular weight is 626 g/mol. The normalized spacial score (nSPS) is 14.1. The van der Waals surface area contributed by atoms with E-state index in [4.69, 9.17) is 4.42 Å². The number of anilines is 3. The SMILES string of the molecule is CC(C)(C)c1cccc(-c2ccccc2)c1-c1ccc(N(c2ccc(C3CCCCC3)cc2)c2ccc3c(c2)oc2ccccc23)cc1. The van der Waals surface area contributed by atoms with Gasteiger partial charge in [0.05, 0.1) is 0 Å². The molecule has 0 spiro atoms. The van der Waals surface area contributed by atoms with Crippen molar-refractivity contribution in [2.75, 3.05) is 4.90 Å². The molecule has 0 bridgehead atoms. The van der Waals surface area contributed by atoms with Gasteiger partial charge in [0.15, 0.2) is 0 Å². The zero-order valence-electron chi connectivity index (χ0n) is 28.2. The smallest absolute Gasteiger partial charge is 0.137 e. The lowest BCUT2D eigenvalue weighted by Gasteiger charge is -2.28. The Hall–Kier alpha value is -5.08. The van der Waals surface area contributed by atoms with Crippen LogP contribution < -0.4 is 4.90 Å². The molecule has 48 heavy (non-hydrogen) atoms. The van der Waals surface area contributed by atoms with Crippen LogP contribution in [-0.2, 0) is 5.41 Å². The van der Waals surface area contributed by atoms with Crippen LogP contribution in [0.25, 0.3) is 44.2 Å². The Morgan fingerprint density at radius 3 is 1.92 bits per heavy atom. The Kier molecular flexibility index (Phi) is 7.89. The van der Waals surface area contributed by atoms with Gasteiger partial charge in [-0.15, -0.1) is 0 Å². The molecule has 0 radical (unpaired) electrons. The lowest BCUT2D eigenvalue weighted by atomic mass is 9.79. The summed E-state index contributed by atoms with van der Waals surface area (Å²) in [5.41, 5.74) is 13.0. The molecule has 0 unspecified atom stereocenters. The lowest BCUT2D eigenvalue weighted by molar-refractivity contribution is 0.443. The second-order valence-electron chi connectivity index (χ2n) is 14.4. The van der Waals surface area contributed by atoms with Crippen molar-refractivity contribution >= 4 is 39.0 Å². The average Bonchev–Trinajstić information content (AvgIpc) is 3.50. The summed E-state index contributed by atoms with van der Waals surface area (Å²) < 4.78 is 6.36. The summed E-state index contributed by atoms with van der Waals surface area (Å²) >= 11 is 0. The second-order valence-corrected chi connectivity index (χ2v) is 14.4. The summed E-state index contributed by atoms with van der Waals surface area (Å²) in [4.78, 5) is 2.37. The van der Waals surface area contributed by atoms with Gasteiger partial charge in [-0.05, 0) is 100 Å². The van der Waals surface area contributed by atoms with Crippen molar-refractivity contribution in [2.45, 2.75) is 64.2 Å². The first-order valence-electron chi connectivity index (χ1n) is 17.5. The Labute approximate surface area is 284 Å². The summed E-state index contributed by atoms with van der Waals surface area (Å²) in [6.45, 7) is 6.92. The summed E-state index contributed by atoms with van der Waals surface area (Å²) in [6, 6.07) is 51.0. The molecule has 2 heteroatoms. The van der Waals surface area contributed by atoms with Gasteiger partial charge in [0.25, 0.3) is 0 Å². The standard InChI is InChI=1S/C46H43NO/c1-46(2,3)42-19-12-18-39(34-15-8-5-9-16-34)45(42)35-23-27-37(28-24-35)47(36-25-21-33(22-26-36)32-13-6-4-7-14-32)38-29-30-41-40-17-10-11-20-43(40)48-44(41)31-38/h5,8-12,15-32H,4,6-7,13-14H2,1-3H3. The number of furan rings is 1. The number of benzene rings is 6. The van der Waals surface area contributed by atoms with Crippen LogP contribution in [0.1, 0.15) is 69.9 Å². The Morgan fingerprint density at radius 2 is 1.19 bits per heavy atom. The molecule has 6 aromatic carbocycles. The Bertz CT molecular complexity index is 2180. The highest BCUT2D eigenvalue weighted by atomic mass is 16.3. The highest BCUT2D eigenvalue weighted by Crippen LogP contribution is 2.43. The van der Waals surface area contributed by atoms with E-state index in [1.807, 2.05) is 6.07 Å². The molecule has 1 aliphatic carbocycles. The first kappa shape index (κ1) is 30.3. The van der Waals surface area contributed by atoms with E-state index in [9.17, 15) is 0 Å². The van der Waals surface area contributed by atoms with Gasteiger partial charge in [-0.2, -0.15) is 0 Å². The molecule has 1 fully saturated rings. The highest BCUT2D eigenvalue weighted by molar-refractivity contribution is 6.06. The van der Waals surface area contributed by atoms with Crippen molar-refractivity contribution in [2.24, 2.45) is 0 Å². The predicted molar refractivity (Wildman–Crippen MR) is 204 cm³/mol. The topological polar surface area (TPSA) is 16.4 Å². The molecular weight excluding hydrogens is 583 g/mol. The molecule has 238 valence electrons. The predicted octanol–water partition coefficient (Wildman–Crippen LogP) is 13.7. The molecule has 7 aromatic rings. The van der Waals surface area contributed by atoms with Crippen molar-refractivity contribution in [1.82, 2.24) is 0 Å². The van der Waals surface area contributed by atoms with Gasteiger partial charge >= 0.3 is 0 Å². The zero-order valence-corrected chi connectivity index (χ0v) is 28.2. The van der Waals surface area contributed by atoms with Crippen molar-refractivity contribution in [1.29, 1.82) is 0 Å². The van der Waals surface area contributed by atoms with Crippen LogP contribution in [0.15, 0.2) is 144 Å². The number of hydrogen-bond acceptors (Lipinski definition) is 2. The number of para-hydroxylation sites is 1. The maximum Gasteiger partial charge on any atom is 0.137 e. The van der Waals surface area contributed by atoms with Crippen LogP contribution in [0.4, 0.5) is 17.1 Å². The fourth-order valence-corrected chi connectivity index (χ4v) is 7.76. The van der Waals surface area contributed by atoms with Crippen LogP contribution in [0.3, 0.4) is 0 Å². The maximum atomic E-state index is 6.36. The van der Waals surface area contributed by atoms with Gasteiger partial charge in [-0.3, -0.25) is 0 Å². The molecule has 1 saturated carbocycles. The first-order chi connectivity index (χ1) is 23.4. The molecule has 0 atom stereocenters. The molecule has 0 saturated heterocycles. The molecule has 0 amide bonds. The van der Waals surface area contributed by atoms with Gasteiger partial charge in [0.1, 0.15) is 11.2 Å². The summed E-state index contributed by atoms with van der Waals surface area (Å²) in [5, 5.41) is 2.29. The van der Waals surface area contributed by atoms with E-state index >= 15 is 0 Å². The zero-order chi connectivity index (χ0) is 32.7. The van der Waals surface area contributed by atoms with E-state index in [0.29, 0.717) is 5.92 Å². The van der Waals surface area contributed by atoms with E-state index in [2.05, 4.69) is 159 Å². The highest BCUT2D eigenvalue weighted by Gasteiger charge is 2.23. The minimum Gasteiger partial charge on any atom is -0.456 e. The maximum absolute atomic E-state index is 6.36. The second kappa shape index (κ2) is 12.5. The molecule has 1 heterocycles. The molecular formula is C46H43NO. The van der Waals surface area contributed by atoms with Crippen molar-refractivity contribution in [3.63, 3.8) is 0 Å². The number of fused-ring (bicyclic) bond motifs is 3. The van der Waals surface area contributed by atoms with Gasteiger partial charge in [-0.1, -0.05) is 131 Å². The fourth-order valence-electron chi connectivity index (χ4n) is 7.76. The fraction of sp³-hybridized carbons (Fsp3) is 0.217. The molecule has 0 aliphatic heterocycles. The van der Waals surface area contributed by atoms with Crippen LogP contribution in [0.5, 0.6) is 0 Å². The quantitative estimate of drug-likeness (QED) is 0.183. The third kappa shape index (κ3) is 5.70. The van der Waals surface area contributed by atoms with E-state index in [1.165, 1.54) is 65.5 Å². The van der Waals surface area contributed by atoms with Crippen LogP contribution in [0.2, 0.25) is 0 Å². The minimum absolute atomic E-state index is 0.00704. The number of rotatable bonds is 6. The molecule has 2 nitrogen and oxygen atoms in total. The third-order valence-corrected chi connectivity index (χ3v) is 10.2. The van der Waals surface area contributed by atoms with Crippen LogP contribution >= 0.6 is 0 Å². The largest absolute Gasteiger partial charge is 0.456 e. The van der Waals surface area contributed by atoms with E-state index in [1.54, 1.807) is 0 Å². The molecule has 1 aromatic heterocycles. The summed E-state index contributed by atoms with van der Waals surface area (Å²) in [5.74, 6) is 0.675. The third-order valence-electron chi connectivity index (χ3n) is 10.2. The molecule has 1 aliphatic rings. The van der Waals surface area contributed by atoms with E-state index < -0.39 is 0 Å². The molecule has 0 N–H and O–H groups in total. The Morgan fingerprint density at radius 1 is 0.542 bits per heavy atom. The monoisotopic (exact) mass is 625 g/mol. The van der Waals surface area contributed by atoms with Crippen LogP contribution in [-0.4, -0.2) is 0 Å². The summed E-state index contributed by atoms with van der Waals surface area (Å²) in [7, 11) is 0. The summed E-state index contributed by atoms with van der Waals surface area (Å²) in [6.07, 6.45) is 6.65. The lowest BCUT2D eigenvalue weighted by Crippen LogP contribution is -2.13. The Balaban J connectivity index is 1.24. The van der Waals surface area contributed by atoms with Crippen molar-refractivity contribution in [3.05, 3.63) is 151 Å². The van der Waals surface area contributed by atoms with Gasteiger partial charge in [0.2, 0.25) is 0 Å². The van der Waals surface area contributed by atoms with Gasteiger partial charge in [-0.25, -0.2) is 0 Å².